The van der Waals surface area contributed by atoms with Gasteiger partial charge in [0.1, 0.15) is 10.8 Å². The number of thiophene rings is 1. The zero-order valence-corrected chi connectivity index (χ0v) is 17.9. The van der Waals surface area contributed by atoms with Crippen molar-refractivity contribution in [1.29, 1.82) is 0 Å². The van der Waals surface area contributed by atoms with Crippen molar-refractivity contribution in [3.8, 4) is 5.75 Å². The van der Waals surface area contributed by atoms with E-state index in [-0.39, 0.29) is 11.0 Å². The highest BCUT2D eigenvalue weighted by atomic mass is 32.1. The number of thiocarbonyl (C=S) groups is 1. The number of benzene rings is 1. The van der Waals surface area contributed by atoms with Crippen LogP contribution in [0.2, 0.25) is 0 Å². The smallest absolute Gasteiger partial charge is 0.261 e. The van der Waals surface area contributed by atoms with Gasteiger partial charge in [0.15, 0.2) is 5.11 Å². The van der Waals surface area contributed by atoms with Crippen LogP contribution in [0.5, 0.6) is 5.75 Å². The maximum Gasteiger partial charge on any atom is 0.261 e. The van der Waals surface area contributed by atoms with Crippen molar-refractivity contribution in [1.82, 2.24) is 5.32 Å². The first-order chi connectivity index (χ1) is 13.3. The molecule has 0 radical (unpaired) electrons. The minimum atomic E-state index is -0.538. The number of nitrogens with two attached hydrogens (primary N) is 1. The standard InChI is InChI=1S/C20H25N3O3S2/c1-4-5-8-11-26-15-10-7-6-9-14(15)18(25)22-20(27)23-19-16(17(21)24)12(2)13(3)28-19/h6-7,9-10H,4-5,8,11H2,1-3H3,(H2,21,24)(H2,22,23,25,27). The van der Waals surface area contributed by atoms with Crippen LogP contribution < -0.4 is 21.1 Å². The molecule has 1 aromatic carbocycles. The highest BCUT2D eigenvalue weighted by Crippen LogP contribution is 2.32. The van der Waals surface area contributed by atoms with E-state index in [9.17, 15) is 9.59 Å². The maximum atomic E-state index is 12.6. The first-order valence-electron chi connectivity index (χ1n) is 9.09. The van der Waals surface area contributed by atoms with Crippen LogP contribution >= 0.6 is 23.6 Å². The van der Waals surface area contributed by atoms with Crippen molar-refractivity contribution in [2.75, 3.05) is 11.9 Å². The van der Waals surface area contributed by atoms with Crippen LogP contribution in [0.4, 0.5) is 5.00 Å². The van der Waals surface area contributed by atoms with Crippen LogP contribution in [0.15, 0.2) is 24.3 Å². The van der Waals surface area contributed by atoms with E-state index in [0.29, 0.717) is 28.5 Å². The minimum absolute atomic E-state index is 0.0922. The van der Waals surface area contributed by atoms with Crippen LogP contribution in [0.25, 0.3) is 0 Å². The summed E-state index contributed by atoms with van der Waals surface area (Å²) in [4.78, 5) is 25.3. The summed E-state index contributed by atoms with van der Waals surface area (Å²) in [6, 6.07) is 7.02. The highest BCUT2D eigenvalue weighted by Gasteiger charge is 2.19. The lowest BCUT2D eigenvalue weighted by Gasteiger charge is -2.13. The van der Waals surface area contributed by atoms with Gasteiger partial charge in [-0.25, -0.2) is 0 Å². The Kier molecular flexibility index (Phi) is 7.95. The third-order valence-corrected chi connectivity index (χ3v) is 5.55. The molecule has 0 saturated heterocycles. The number of hydrogen-bond acceptors (Lipinski definition) is 5. The topological polar surface area (TPSA) is 93.4 Å². The molecule has 0 bridgehead atoms. The van der Waals surface area contributed by atoms with Crippen LogP contribution in [0.1, 0.15) is 57.3 Å². The van der Waals surface area contributed by atoms with Gasteiger partial charge in [-0.15, -0.1) is 11.3 Å². The van der Waals surface area contributed by atoms with E-state index in [1.165, 1.54) is 11.3 Å². The minimum Gasteiger partial charge on any atom is -0.493 e. The van der Waals surface area contributed by atoms with Crippen molar-refractivity contribution in [3.63, 3.8) is 0 Å². The first-order valence-corrected chi connectivity index (χ1v) is 10.3. The van der Waals surface area contributed by atoms with Crippen molar-refractivity contribution in [3.05, 3.63) is 45.8 Å². The normalized spacial score (nSPS) is 10.4. The second-order valence-electron chi connectivity index (χ2n) is 6.31. The quantitative estimate of drug-likeness (QED) is 0.441. The number of ether oxygens (including phenoxy) is 1. The van der Waals surface area contributed by atoms with E-state index in [1.54, 1.807) is 18.2 Å². The summed E-state index contributed by atoms with van der Waals surface area (Å²) >= 11 is 6.61. The summed E-state index contributed by atoms with van der Waals surface area (Å²) in [6.45, 7) is 6.39. The van der Waals surface area contributed by atoms with Gasteiger partial charge in [0.05, 0.1) is 17.7 Å². The van der Waals surface area contributed by atoms with Crippen LogP contribution in [0, 0.1) is 13.8 Å². The van der Waals surface area contributed by atoms with Gasteiger partial charge in [0.2, 0.25) is 0 Å². The van der Waals surface area contributed by atoms with Crippen molar-refractivity contribution >= 4 is 45.5 Å². The average molecular weight is 420 g/mol. The Balaban J connectivity index is 2.07. The Morgan fingerprint density at radius 2 is 1.93 bits per heavy atom. The van der Waals surface area contributed by atoms with E-state index in [4.69, 9.17) is 22.7 Å². The third kappa shape index (κ3) is 5.53. The number of unbranched alkanes of at least 4 members (excludes halogenated alkanes) is 2. The molecule has 150 valence electrons. The molecule has 6 nitrogen and oxygen atoms in total. The molecule has 0 saturated carbocycles. The molecule has 2 rings (SSSR count). The predicted octanol–water partition coefficient (Wildman–Crippen LogP) is 4.16. The Morgan fingerprint density at radius 3 is 2.61 bits per heavy atom. The second kappa shape index (κ2) is 10.2. The van der Waals surface area contributed by atoms with Gasteiger partial charge >= 0.3 is 0 Å². The lowest BCUT2D eigenvalue weighted by Crippen LogP contribution is -2.34. The molecular formula is C20H25N3O3S2. The largest absolute Gasteiger partial charge is 0.493 e. The molecule has 2 amide bonds. The Labute approximate surface area is 174 Å². The molecule has 1 aromatic heterocycles. The molecule has 2 aromatic rings. The number of aryl methyl sites for hydroxylation is 1. The molecule has 0 aliphatic rings. The summed E-state index contributed by atoms with van der Waals surface area (Å²) in [5.41, 5.74) is 7.06. The summed E-state index contributed by atoms with van der Waals surface area (Å²) in [6.07, 6.45) is 3.10. The summed E-state index contributed by atoms with van der Waals surface area (Å²) in [5.74, 6) is -0.405. The Morgan fingerprint density at radius 1 is 1.21 bits per heavy atom. The van der Waals surface area contributed by atoms with Crippen LogP contribution in [-0.2, 0) is 0 Å². The van der Waals surface area contributed by atoms with Gasteiger partial charge in [0, 0.05) is 4.88 Å². The monoisotopic (exact) mass is 419 g/mol. The number of nitrogens with one attached hydrogen (secondary N) is 2. The SMILES string of the molecule is CCCCCOc1ccccc1C(=O)NC(=S)Nc1sc(C)c(C)c1C(N)=O. The lowest BCUT2D eigenvalue weighted by atomic mass is 10.1. The van der Waals surface area contributed by atoms with E-state index in [2.05, 4.69) is 17.6 Å². The van der Waals surface area contributed by atoms with Crippen molar-refractivity contribution < 1.29 is 14.3 Å². The molecule has 0 spiro atoms. The molecule has 28 heavy (non-hydrogen) atoms. The lowest BCUT2D eigenvalue weighted by molar-refractivity contribution is 0.0971. The fraction of sp³-hybridized carbons (Fsp3) is 0.350. The highest BCUT2D eigenvalue weighted by molar-refractivity contribution is 7.80. The summed E-state index contributed by atoms with van der Waals surface area (Å²) < 4.78 is 5.75. The average Bonchev–Trinajstić information content (AvgIpc) is 2.92. The molecule has 0 aliphatic carbocycles. The van der Waals surface area contributed by atoms with E-state index in [1.807, 2.05) is 19.9 Å². The van der Waals surface area contributed by atoms with Crippen molar-refractivity contribution in [2.24, 2.45) is 5.73 Å². The predicted molar refractivity (Wildman–Crippen MR) is 117 cm³/mol. The Hall–Kier alpha value is -2.45. The second-order valence-corrected chi connectivity index (χ2v) is 7.94. The first kappa shape index (κ1) is 21.8. The van der Waals surface area contributed by atoms with Crippen LogP contribution in [-0.4, -0.2) is 23.5 Å². The number of carbonyl (C=O) groups excluding carboxylic acids is 2. The fourth-order valence-electron chi connectivity index (χ4n) is 2.63. The van der Waals surface area contributed by atoms with E-state index < -0.39 is 5.91 Å². The summed E-state index contributed by atoms with van der Waals surface area (Å²) in [5, 5.41) is 6.16. The maximum absolute atomic E-state index is 12.6. The zero-order chi connectivity index (χ0) is 20.7. The molecule has 8 heteroatoms. The van der Waals surface area contributed by atoms with Gasteiger partial charge in [0.25, 0.3) is 11.8 Å². The summed E-state index contributed by atoms with van der Waals surface area (Å²) in [7, 11) is 0. The van der Waals surface area contributed by atoms with Gasteiger partial charge < -0.3 is 15.8 Å². The number of amides is 2. The van der Waals surface area contributed by atoms with Gasteiger partial charge in [-0.3, -0.25) is 14.9 Å². The van der Waals surface area contributed by atoms with E-state index in [0.717, 1.165) is 29.7 Å². The Bertz CT molecular complexity index is 878. The molecule has 4 N–H and O–H groups in total. The van der Waals surface area contributed by atoms with Crippen molar-refractivity contribution in [2.45, 2.75) is 40.0 Å². The fourth-order valence-corrected chi connectivity index (χ4v) is 3.96. The van der Waals surface area contributed by atoms with Gasteiger partial charge in [-0.2, -0.15) is 0 Å². The molecule has 0 unspecified atom stereocenters. The van der Waals surface area contributed by atoms with Crippen LogP contribution in [0.3, 0.4) is 0 Å². The van der Waals surface area contributed by atoms with E-state index >= 15 is 0 Å². The molecular weight excluding hydrogens is 394 g/mol. The zero-order valence-electron chi connectivity index (χ0n) is 16.3. The number of primary amides is 1. The number of anilines is 1. The van der Waals surface area contributed by atoms with Gasteiger partial charge in [-0.1, -0.05) is 31.9 Å². The molecule has 0 aliphatic heterocycles. The molecule has 0 fully saturated rings. The number of rotatable bonds is 8. The molecule has 1 heterocycles. The molecule has 0 atom stereocenters. The van der Waals surface area contributed by atoms with Gasteiger partial charge in [-0.05, 0) is 50.2 Å². The number of hydrogen-bond donors (Lipinski definition) is 3. The number of para-hydroxylation sites is 1. The third-order valence-electron chi connectivity index (χ3n) is 4.22. The number of carbonyl (C=O) groups is 2.